The summed E-state index contributed by atoms with van der Waals surface area (Å²) < 4.78 is 53.6. The molecule has 0 fully saturated rings. The number of para-hydroxylation sites is 1. The molecule has 0 saturated heterocycles. The number of nitrogens with zero attached hydrogens (tertiary/aromatic N) is 2. The predicted molar refractivity (Wildman–Crippen MR) is 105 cm³/mol. The molecule has 0 spiro atoms. The molecule has 0 bridgehead atoms. The van der Waals surface area contributed by atoms with Crippen LogP contribution in [-0.4, -0.2) is 53.9 Å². The van der Waals surface area contributed by atoms with Crippen LogP contribution in [0.25, 0.3) is 0 Å². The number of carbonyl (C=O) groups is 1. The van der Waals surface area contributed by atoms with Crippen molar-refractivity contribution in [2.75, 3.05) is 31.8 Å². The third-order valence-electron chi connectivity index (χ3n) is 4.38. The lowest BCUT2D eigenvalue weighted by Gasteiger charge is -2.20. The minimum Gasteiger partial charge on any atom is -0.370 e. The van der Waals surface area contributed by atoms with Crippen LogP contribution >= 0.6 is 0 Å². The Bertz CT molecular complexity index is 1140. The molecule has 0 aliphatic carbocycles. The van der Waals surface area contributed by atoms with Gasteiger partial charge in [-0.15, -0.1) is 0 Å². The number of carbonyl (C=O) groups excluding carboxylic acids is 1. The van der Waals surface area contributed by atoms with Crippen molar-refractivity contribution in [1.29, 1.82) is 0 Å². The number of rotatable bonds is 5. The fraction of sp³-hybridized carbons (Fsp3) is 0.278. The summed E-state index contributed by atoms with van der Waals surface area (Å²) in [6.45, 7) is 0.357. The van der Waals surface area contributed by atoms with Gasteiger partial charge in [0.2, 0.25) is 0 Å². The molecule has 3 rings (SSSR count). The second-order valence-corrected chi connectivity index (χ2v) is 10.4. The maximum Gasteiger partial charge on any atom is 0.384 e. The van der Waals surface area contributed by atoms with E-state index in [0.29, 0.717) is 18.7 Å². The molecule has 28 heavy (non-hydrogen) atoms. The Morgan fingerprint density at radius 1 is 1.07 bits per heavy atom. The highest BCUT2D eigenvalue weighted by Crippen LogP contribution is 2.33. The molecular formula is C18H20N2O6S2. The fourth-order valence-corrected chi connectivity index (χ4v) is 4.06. The van der Waals surface area contributed by atoms with E-state index in [1.807, 2.05) is 0 Å². The Kier molecular flexibility index (Phi) is 5.22. The van der Waals surface area contributed by atoms with E-state index in [1.54, 1.807) is 24.3 Å². The van der Waals surface area contributed by atoms with E-state index in [1.165, 1.54) is 37.2 Å². The van der Waals surface area contributed by atoms with E-state index in [2.05, 4.69) is 0 Å². The van der Waals surface area contributed by atoms with Gasteiger partial charge in [0.05, 0.1) is 10.5 Å². The molecule has 0 N–H and O–H groups in total. The Hall–Kier alpha value is -2.43. The molecule has 0 aromatic heterocycles. The van der Waals surface area contributed by atoms with E-state index in [4.69, 9.17) is 4.18 Å². The van der Waals surface area contributed by atoms with E-state index in [0.717, 1.165) is 16.1 Å². The summed E-state index contributed by atoms with van der Waals surface area (Å²) in [5.41, 5.74) is 1.45. The normalized spacial score (nSPS) is 14.2. The topological polar surface area (TPSA) is 101 Å². The first-order chi connectivity index (χ1) is 13.0. The molecule has 2 aromatic rings. The molecule has 0 radical (unpaired) electrons. The van der Waals surface area contributed by atoms with Crippen LogP contribution in [0, 0.1) is 0 Å². The second-order valence-electron chi connectivity index (χ2n) is 6.59. The number of sulfone groups is 1. The van der Waals surface area contributed by atoms with Gasteiger partial charge in [0.15, 0.2) is 15.6 Å². The van der Waals surface area contributed by atoms with Gasteiger partial charge in [-0.2, -0.15) is 12.7 Å². The van der Waals surface area contributed by atoms with Crippen LogP contribution in [0.2, 0.25) is 0 Å². The van der Waals surface area contributed by atoms with Crippen LogP contribution in [-0.2, 0) is 26.6 Å². The number of hydrogen-bond donors (Lipinski definition) is 0. The van der Waals surface area contributed by atoms with Crippen molar-refractivity contribution < 1.29 is 25.8 Å². The molecule has 2 aromatic carbocycles. The first-order valence-corrected chi connectivity index (χ1v) is 11.6. The Morgan fingerprint density at radius 3 is 2.39 bits per heavy atom. The van der Waals surface area contributed by atoms with Crippen molar-refractivity contribution in [3.8, 4) is 5.75 Å². The van der Waals surface area contributed by atoms with Gasteiger partial charge in [-0.05, 0) is 42.3 Å². The first kappa shape index (κ1) is 20.3. The molecule has 1 amide bonds. The number of fused-ring (bicyclic) bond motifs is 1. The largest absolute Gasteiger partial charge is 0.384 e. The van der Waals surface area contributed by atoms with Gasteiger partial charge in [-0.25, -0.2) is 8.42 Å². The summed E-state index contributed by atoms with van der Waals surface area (Å²) in [6, 6.07) is 10.7. The number of hydrogen-bond acceptors (Lipinski definition) is 6. The Labute approximate surface area is 164 Å². The first-order valence-electron chi connectivity index (χ1n) is 8.36. The summed E-state index contributed by atoms with van der Waals surface area (Å²) in [7, 11) is -4.70. The highest BCUT2D eigenvalue weighted by Gasteiger charge is 2.29. The second kappa shape index (κ2) is 7.19. The molecule has 8 nitrogen and oxygen atoms in total. The zero-order valence-corrected chi connectivity index (χ0v) is 17.2. The highest BCUT2D eigenvalue weighted by atomic mass is 32.2. The maximum atomic E-state index is 13.1. The quantitative estimate of drug-likeness (QED) is 0.721. The van der Waals surface area contributed by atoms with Crippen LogP contribution in [0.3, 0.4) is 0 Å². The third-order valence-corrected chi connectivity index (χ3v) is 6.77. The summed E-state index contributed by atoms with van der Waals surface area (Å²) in [6.07, 6.45) is 1.63. The number of benzene rings is 2. The zero-order valence-electron chi connectivity index (χ0n) is 15.6. The fourth-order valence-electron chi connectivity index (χ4n) is 2.87. The van der Waals surface area contributed by atoms with Crippen molar-refractivity contribution in [2.24, 2.45) is 0 Å². The SMILES string of the molecule is CN(C)S(=O)(=O)Oc1ccccc1C(=O)N1CCc2cc(S(C)(=O)=O)ccc21. The van der Waals surface area contributed by atoms with Crippen LogP contribution in [0.1, 0.15) is 15.9 Å². The van der Waals surface area contributed by atoms with Crippen LogP contribution in [0.5, 0.6) is 5.75 Å². The average Bonchev–Trinajstić information content (AvgIpc) is 3.03. The number of amides is 1. The summed E-state index contributed by atoms with van der Waals surface area (Å²) in [5, 5.41) is 0. The molecule has 1 aliphatic heterocycles. The lowest BCUT2D eigenvalue weighted by Crippen LogP contribution is -2.31. The van der Waals surface area contributed by atoms with Crippen molar-refractivity contribution in [2.45, 2.75) is 11.3 Å². The third kappa shape index (κ3) is 3.89. The minimum atomic E-state index is -4.02. The molecular weight excluding hydrogens is 404 g/mol. The molecule has 10 heteroatoms. The van der Waals surface area contributed by atoms with Crippen molar-refractivity contribution in [3.05, 3.63) is 53.6 Å². The molecule has 0 saturated carbocycles. The predicted octanol–water partition coefficient (Wildman–Crippen LogP) is 1.48. The van der Waals surface area contributed by atoms with E-state index < -0.39 is 26.0 Å². The Balaban J connectivity index is 1.96. The molecule has 150 valence electrons. The van der Waals surface area contributed by atoms with Crippen LogP contribution in [0.15, 0.2) is 47.4 Å². The highest BCUT2D eigenvalue weighted by molar-refractivity contribution is 7.90. The van der Waals surface area contributed by atoms with Gasteiger partial charge in [0.25, 0.3) is 5.91 Å². The molecule has 1 aliphatic rings. The van der Waals surface area contributed by atoms with Crippen LogP contribution < -0.4 is 9.08 Å². The molecule has 0 atom stereocenters. The average molecular weight is 425 g/mol. The maximum absolute atomic E-state index is 13.1. The lowest BCUT2D eigenvalue weighted by molar-refractivity contribution is 0.0988. The van der Waals surface area contributed by atoms with Gasteiger partial charge in [0.1, 0.15) is 0 Å². The summed E-state index contributed by atoms with van der Waals surface area (Å²) >= 11 is 0. The molecule has 0 unspecified atom stereocenters. The van der Waals surface area contributed by atoms with E-state index in [9.17, 15) is 21.6 Å². The van der Waals surface area contributed by atoms with E-state index >= 15 is 0 Å². The standard InChI is InChI=1S/C18H20N2O6S2/c1-19(2)28(24,25)26-17-7-5-4-6-15(17)18(21)20-11-10-13-12-14(27(3,22)23)8-9-16(13)20/h4-9,12H,10-11H2,1-3H3. The minimum absolute atomic E-state index is 0.0672. The van der Waals surface area contributed by atoms with Gasteiger partial charge in [-0.3, -0.25) is 4.79 Å². The van der Waals surface area contributed by atoms with Gasteiger partial charge < -0.3 is 9.08 Å². The monoisotopic (exact) mass is 424 g/mol. The number of anilines is 1. The van der Waals surface area contributed by atoms with Crippen LogP contribution in [0.4, 0.5) is 5.69 Å². The molecule has 1 heterocycles. The van der Waals surface area contributed by atoms with Gasteiger partial charge in [0, 0.05) is 32.6 Å². The van der Waals surface area contributed by atoms with Crippen molar-refractivity contribution in [1.82, 2.24) is 4.31 Å². The smallest absolute Gasteiger partial charge is 0.370 e. The summed E-state index contributed by atoms with van der Waals surface area (Å²) in [4.78, 5) is 14.8. The van der Waals surface area contributed by atoms with Gasteiger partial charge >= 0.3 is 10.3 Å². The van der Waals surface area contributed by atoms with Crippen molar-refractivity contribution in [3.63, 3.8) is 0 Å². The van der Waals surface area contributed by atoms with E-state index in [-0.39, 0.29) is 16.2 Å². The lowest BCUT2D eigenvalue weighted by atomic mass is 10.1. The zero-order chi connectivity index (χ0) is 20.7. The Morgan fingerprint density at radius 2 is 1.75 bits per heavy atom. The van der Waals surface area contributed by atoms with Gasteiger partial charge in [-0.1, -0.05) is 12.1 Å². The van der Waals surface area contributed by atoms with Crippen molar-refractivity contribution >= 4 is 31.7 Å². The summed E-state index contributed by atoms with van der Waals surface area (Å²) in [5.74, 6) is -0.488.